The van der Waals surface area contributed by atoms with Gasteiger partial charge < -0.3 is 25.6 Å². The number of carboxylic acid groups (broad SMARTS) is 1. The van der Waals surface area contributed by atoms with E-state index in [4.69, 9.17) is 4.74 Å². The highest BCUT2D eigenvalue weighted by Gasteiger charge is 2.26. The van der Waals surface area contributed by atoms with E-state index in [1.807, 2.05) is 36.4 Å². The molecule has 2 aromatic carbocycles. The molecule has 1 aliphatic heterocycles. The van der Waals surface area contributed by atoms with E-state index in [0.717, 1.165) is 29.7 Å². The maximum absolute atomic E-state index is 11.3. The van der Waals surface area contributed by atoms with Crippen molar-refractivity contribution in [2.24, 2.45) is 5.41 Å². The first-order valence-electron chi connectivity index (χ1n) is 10.9. The molecule has 0 saturated carbocycles. The Bertz CT molecular complexity index is 864. The Morgan fingerprint density at radius 2 is 1.90 bits per heavy atom. The number of fused-ring (bicyclic) bond motifs is 1. The van der Waals surface area contributed by atoms with Crippen LogP contribution in [0, 0.1) is 5.41 Å². The van der Waals surface area contributed by atoms with E-state index in [2.05, 4.69) is 43.5 Å². The fraction of sp³-hybridized carbons (Fsp3) is 0.480. The molecule has 0 saturated heterocycles. The van der Waals surface area contributed by atoms with Gasteiger partial charge in [-0.2, -0.15) is 0 Å². The minimum Gasteiger partial charge on any atom is -0.493 e. The molecule has 1 amide bonds. The molecule has 4 N–H and O–H groups in total. The lowest BCUT2D eigenvalue weighted by Gasteiger charge is -2.30. The first-order valence-corrected chi connectivity index (χ1v) is 10.9. The first kappa shape index (κ1) is 23.1. The first-order chi connectivity index (χ1) is 14.7. The zero-order valence-corrected chi connectivity index (χ0v) is 18.6. The molecule has 6 heteroatoms. The third-order valence-electron chi connectivity index (χ3n) is 5.49. The van der Waals surface area contributed by atoms with Gasteiger partial charge in [0.15, 0.2) is 0 Å². The Balaban J connectivity index is 1.68. The van der Waals surface area contributed by atoms with Gasteiger partial charge in [-0.25, -0.2) is 4.79 Å². The molecule has 168 valence electrons. The normalized spacial score (nSPS) is 17.9. The van der Waals surface area contributed by atoms with Gasteiger partial charge in [-0.05, 0) is 35.4 Å². The average molecular weight is 427 g/mol. The maximum Gasteiger partial charge on any atom is 0.404 e. The molecule has 0 spiro atoms. The van der Waals surface area contributed by atoms with Gasteiger partial charge >= 0.3 is 6.09 Å². The highest BCUT2D eigenvalue weighted by molar-refractivity contribution is 5.65. The van der Waals surface area contributed by atoms with Gasteiger partial charge in [0.05, 0.1) is 18.8 Å². The second-order valence-electron chi connectivity index (χ2n) is 9.52. The molecule has 1 heterocycles. The molecule has 0 bridgehead atoms. The quantitative estimate of drug-likeness (QED) is 0.514. The SMILES string of the molecule is CC(C)(C)Cc1ccc2c(c1)[C@@H](NC[C@H](O)[C@H](Cc1ccccc1)NC(=O)O)CCO2. The number of rotatable bonds is 8. The minimum atomic E-state index is -1.14. The van der Waals surface area contributed by atoms with Crippen LogP contribution in [-0.2, 0) is 12.8 Å². The predicted octanol–water partition coefficient (Wildman–Crippen LogP) is 3.93. The molecule has 1 aliphatic rings. The van der Waals surface area contributed by atoms with Crippen molar-refractivity contribution >= 4 is 6.09 Å². The topological polar surface area (TPSA) is 90.8 Å². The van der Waals surface area contributed by atoms with Crippen LogP contribution in [0.25, 0.3) is 0 Å². The summed E-state index contributed by atoms with van der Waals surface area (Å²) in [6.45, 7) is 7.55. The number of benzene rings is 2. The second kappa shape index (κ2) is 10.2. The fourth-order valence-corrected chi connectivity index (χ4v) is 4.09. The van der Waals surface area contributed by atoms with Gasteiger partial charge in [-0.15, -0.1) is 0 Å². The van der Waals surface area contributed by atoms with Crippen LogP contribution in [0.3, 0.4) is 0 Å². The maximum atomic E-state index is 11.3. The highest BCUT2D eigenvalue weighted by Crippen LogP contribution is 2.34. The van der Waals surface area contributed by atoms with E-state index in [-0.39, 0.29) is 18.0 Å². The van der Waals surface area contributed by atoms with E-state index in [1.165, 1.54) is 5.56 Å². The Morgan fingerprint density at radius 3 is 2.58 bits per heavy atom. The number of nitrogens with one attached hydrogen (secondary N) is 2. The number of aliphatic hydroxyl groups is 1. The molecule has 0 aromatic heterocycles. The average Bonchev–Trinajstić information content (AvgIpc) is 2.71. The number of ether oxygens (including phenoxy) is 1. The monoisotopic (exact) mass is 426 g/mol. The van der Waals surface area contributed by atoms with Crippen LogP contribution in [0.1, 0.15) is 49.9 Å². The summed E-state index contributed by atoms with van der Waals surface area (Å²) in [5.74, 6) is 0.875. The van der Waals surface area contributed by atoms with Crippen LogP contribution in [-0.4, -0.2) is 41.6 Å². The molecule has 6 nitrogen and oxygen atoms in total. The van der Waals surface area contributed by atoms with Crippen molar-refractivity contribution in [2.45, 2.75) is 58.2 Å². The molecule has 3 atom stereocenters. The summed E-state index contributed by atoms with van der Waals surface area (Å²) in [6.07, 6.45) is 0.200. The number of carbonyl (C=O) groups is 1. The van der Waals surface area contributed by atoms with Crippen LogP contribution in [0.4, 0.5) is 4.79 Å². The summed E-state index contributed by atoms with van der Waals surface area (Å²) < 4.78 is 5.83. The molecule has 0 fully saturated rings. The van der Waals surface area contributed by atoms with Crippen molar-refractivity contribution in [1.29, 1.82) is 0 Å². The molecule has 31 heavy (non-hydrogen) atoms. The van der Waals surface area contributed by atoms with Gasteiger partial charge in [-0.3, -0.25) is 0 Å². The molecule has 0 radical (unpaired) electrons. The molecule has 2 aromatic rings. The number of hydrogen-bond acceptors (Lipinski definition) is 4. The lowest BCUT2D eigenvalue weighted by molar-refractivity contribution is 0.112. The van der Waals surface area contributed by atoms with Crippen molar-refractivity contribution in [2.75, 3.05) is 13.2 Å². The smallest absolute Gasteiger partial charge is 0.404 e. The predicted molar refractivity (Wildman–Crippen MR) is 122 cm³/mol. The van der Waals surface area contributed by atoms with Crippen molar-refractivity contribution in [3.8, 4) is 5.75 Å². The Hall–Kier alpha value is -2.57. The fourth-order valence-electron chi connectivity index (χ4n) is 4.09. The zero-order valence-electron chi connectivity index (χ0n) is 18.6. The van der Waals surface area contributed by atoms with Crippen molar-refractivity contribution in [3.63, 3.8) is 0 Å². The second-order valence-corrected chi connectivity index (χ2v) is 9.52. The summed E-state index contributed by atoms with van der Waals surface area (Å²) in [7, 11) is 0. The van der Waals surface area contributed by atoms with Crippen LogP contribution in [0.15, 0.2) is 48.5 Å². The van der Waals surface area contributed by atoms with Crippen molar-refractivity contribution in [3.05, 3.63) is 65.2 Å². The molecular weight excluding hydrogens is 392 g/mol. The summed E-state index contributed by atoms with van der Waals surface area (Å²) in [5.41, 5.74) is 3.53. The largest absolute Gasteiger partial charge is 0.493 e. The van der Waals surface area contributed by atoms with Crippen LogP contribution in [0.5, 0.6) is 5.75 Å². The van der Waals surface area contributed by atoms with Crippen LogP contribution >= 0.6 is 0 Å². The summed E-state index contributed by atoms with van der Waals surface area (Å²) >= 11 is 0. The van der Waals surface area contributed by atoms with Crippen LogP contribution in [0.2, 0.25) is 0 Å². The van der Waals surface area contributed by atoms with Crippen molar-refractivity contribution < 1.29 is 19.7 Å². The van der Waals surface area contributed by atoms with Gasteiger partial charge in [0.2, 0.25) is 0 Å². The van der Waals surface area contributed by atoms with Gasteiger partial charge in [0.1, 0.15) is 5.75 Å². The third kappa shape index (κ3) is 6.97. The molecular formula is C25H34N2O4. The summed E-state index contributed by atoms with van der Waals surface area (Å²) in [6, 6.07) is 15.4. The minimum absolute atomic E-state index is 0.0560. The molecule has 0 aliphatic carbocycles. The number of aliphatic hydroxyl groups excluding tert-OH is 1. The Kier molecular flexibility index (Phi) is 7.57. The van der Waals surface area contributed by atoms with Crippen LogP contribution < -0.4 is 15.4 Å². The summed E-state index contributed by atoms with van der Waals surface area (Å²) in [4.78, 5) is 11.3. The number of hydrogen-bond donors (Lipinski definition) is 4. The number of amides is 1. The van der Waals surface area contributed by atoms with Gasteiger partial charge in [0.25, 0.3) is 0 Å². The van der Waals surface area contributed by atoms with E-state index in [1.54, 1.807) is 0 Å². The standard InChI is InChI=1S/C25H34N2O4/c1-25(2,3)15-18-9-10-23-19(13-18)20(11-12-31-23)26-16-22(28)21(27-24(29)30)14-17-7-5-4-6-8-17/h4-10,13,20-22,26-28H,11-12,14-16H2,1-3H3,(H,29,30)/t20-,21-,22-/m0/s1. The lowest BCUT2D eigenvalue weighted by atomic mass is 9.86. The third-order valence-corrected chi connectivity index (χ3v) is 5.49. The lowest BCUT2D eigenvalue weighted by Crippen LogP contribution is -2.49. The summed E-state index contributed by atoms with van der Waals surface area (Å²) in [5, 5.41) is 25.9. The van der Waals surface area contributed by atoms with Gasteiger partial charge in [0, 0.05) is 24.6 Å². The van der Waals surface area contributed by atoms with E-state index in [9.17, 15) is 15.0 Å². The Morgan fingerprint density at radius 1 is 1.16 bits per heavy atom. The molecule has 3 rings (SSSR count). The van der Waals surface area contributed by atoms with E-state index in [0.29, 0.717) is 13.0 Å². The highest BCUT2D eigenvalue weighted by atomic mass is 16.5. The van der Waals surface area contributed by atoms with Crippen molar-refractivity contribution in [1.82, 2.24) is 10.6 Å². The van der Waals surface area contributed by atoms with E-state index < -0.39 is 18.2 Å². The van der Waals surface area contributed by atoms with E-state index >= 15 is 0 Å². The molecule has 0 unspecified atom stereocenters. The van der Waals surface area contributed by atoms with Gasteiger partial charge in [-0.1, -0.05) is 63.2 Å². The zero-order chi connectivity index (χ0) is 22.4. The Labute approximate surface area is 184 Å².